The van der Waals surface area contributed by atoms with Crippen molar-refractivity contribution in [3.05, 3.63) is 77.0 Å². The quantitative estimate of drug-likeness (QED) is 0.474. The Balaban J connectivity index is 1.46. The lowest BCUT2D eigenvalue weighted by atomic mass is 10.1. The molecule has 0 aromatic heterocycles. The molecule has 1 heterocycles. The molecule has 1 amide bonds. The van der Waals surface area contributed by atoms with Crippen LogP contribution in [-0.2, 0) is 4.79 Å². The van der Waals surface area contributed by atoms with Gasteiger partial charge in [0.05, 0.1) is 32.6 Å². The van der Waals surface area contributed by atoms with Gasteiger partial charge >= 0.3 is 0 Å². The molecule has 0 spiro atoms. The number of benzene rings is 3. The first-order chi connectivity index (χ1) is 16.9. The molecule has 8 heteroatoms. The van der Waals surface area contributed by atoms with E-state index in [0.29, 0.717) is 45.6 Å². The van der Waals surface area contributed by atoms with E-state index in [9.17, 15) is 9.59 Å². The van der Waals surface area contributed by atoms with Crippen molar-refractivity contribution < 1.29 is 33.3 Å². The fourth-order valence-electron chi connectivity index (χ4n) is 3.68. The summed E-state index contributed by atoms with van der Waals surface area (Å²) >= 11 is 0. The lowest BCUT2D eigenvalue weighted by molar-refractivity contribution is -0.118. The number of para-hydroxylation sites is 1. The predicted octanol–water partition coefficient (Wildman–Crippen LogP) is 4.65. The summed E-state index contributed by atoms with van der Waals surface area (Å²) in [5.41, 5.74) is 2.59. The molecule has 8 nitrogen and oxygen atoms in total. The van der Waals surface area contributed by atoms with Crippen LogP contribution in [0.3, 0.4) is 0 Å². The number of allylic oxidation sites excluding steroid dienone is 1. The number of ether oxygens (including phenoxy) is 5. The van der Waals surface area contributed by atoms with Gasteiger partial charge in [0.25, 0.3) is 5.91 Å². The summed E-state index contributed by atoms with van der Waals surface area (Å²) in [6, 6.07) is 15.7. The van der Waals surface area contributed by atoms with Gasteiger partial charge in [-0.1, -0.05) is 18.2 Å². The van der Waals surface area contributed by atoms with E-state index in [4.69, 9.17) is 23.7 Å². The fourth-order valence-corrected chi connectivity index (χ4v) is 3.68. The lowest BCUT2D eigenvalue weighted by Gasteiger charge is -2.12. The molecule has 180 valence electrons. The number of rotatable bonds is 8. The zero-order chi connectivity index (χ0) is 24.9. The first kappa shape index (κ1) is 23.7. The van der Waals surface area contributed by atoms with Crippen molar-refractivity contribution in [2.45, 2.75) is 6.92 Å². The highest BCUT2D eigenvalue weighted by molar-refractivity contribution is 6.14. The SMILES string of the molecule is COc1ccc(C)cc1NC(=O)COc1ccc2c(c1)OC(=Cc1cccc(OC)c1OC)C2=O. The molecule has 4 rings (SSSR count). The summed E-state index contributed by atoms with van der Waals surface area (Å²) in [6.07, 6.45) is 1.60. The van der Waals surface area contributed by atoms with Crippen LogP contribution in [0.2, 0.25) is 0 Å². The topological polar surface area (TPSA) is 92.3 Å². The molecule has 0 atom stereocenters. The Labute approximate surface area is 203 Å². The van der Waals surface area contributed by atoms with Crippen molar-refractivity contribution in [3.63, 3.8) is 0 Å². The molecule has 0 saturated heterocycles. The number of Topliss-reactive ketones (excluding diaryl/α,β-unsaturated/α-hetero) is 1. The molecule has 3 aromatic rings. The van der Waals surface area contributed by atoms with E-state index in [1.807, 2.05) is 19.1 Å². The Kier molecular flexibility index (Phi) is 6.91. The van der Waals surface area contributed by atoms with Gasteiger partial charge in [0.15, 0.2) is 23.9 Å². The van der Waals surface area contributed by atoms with Crippen molar-refractivity contribution in [2.75, 3.05) is 33.3 Å². The first-order valence-corrected chi connectivity index (χ1v) is 10.8. The molecule has 1 aliphatic rings. The molecule has 0 aliphatic carbocycles. The van der Waals surface area contributed by atoms with E-state index in [-0.39, 0.29) is 24.1 Å². The molecule has 0 fully saturated rings. The van der Waals surface area contributed by atoms with Gasteiger partial charge < -0.3 is 29.0 Å². The maximum absolute atomic E-state index is 12.8. The number of fused-ring (bicyclic) bond motifs is 1. The molecular weight excluding hydrogens is 450 g/mol. The van der Waals surface area contributed by atoms with Crippen LogP contribution in [0.5, 0.6) is 28.7 Å². The zero-order valence-corrected chi connectivity index (χ0v) is 19.8. The first-order valence-electron chi connectivity index (χ1n) is 10.8. The number of carbonyl (C=O) groups excluding carboxylic acids is 2. The normalized spacial score (nSPS) is 13.1. The Morgan fingerprint density at radius 1 is 0.971 bits per heavy atom. The summed E-state index contributed by atoms with van der Waals surface area (Å²) in [6.45, 7) is 1.69. The largest absolute Gasteiger partial charge is 0.495 e. The zero-order valence-electron chi connectivity index (χ0n) is 19.8. The van der Waals surface area contributed by atoms with Gasteiger partial charge in [0.2, 0.25) is 5.78 Å². The van der Waals surface area contributed by atoms with Crippen LogP contribution in [0.15, 0.2) is 60.4 Å². The van der Waals surface area contributed by atoms with Gasteiger partial charge in [-0.3, -0.25) is 9.59 Å². The van der Waals surface area contributed by atoms with E-state index in [2.05, 4.69) is 5.32 Å². The van der Waals surface area contributed by atoms with Crippen molar-refractivity contribution >= 4 is 23.5 Å². The van der Waals surface area contributed by atoms with Crippen LogP contribution < -0.4 is 29.0 Å². The van der Waals surface area contributed by atoms with Crippen molar-refractivity contribution in [1.82, 2.24) is 0 Å². The monoisotopic (exact) mass is 475 g/mol. The van der Waals surface area contributed by atoms with Gasteiger partial charge in [-0.15, -0.1) is 0 Å². The maximum Gasteiger partial charge on any atom is 0.262 e. The van der Waals surface area contributed by atoms with Crippen LogP contribution >= 0.6 is 0 Å². The minimum atomic E-state index is -0.350. The number of nitrogens with one attached hydrogen (secondary N) is 1. The molecule has 0 bridgehead atoms. The van der Waals surface area contributed by atoms with Crippen LogP contribution in [0.4, 0.5) is 5.69 Å². The Morgan fingerprint density at radius 3 is 2.51 bits per heavy atom. The van der Waals surface area contributed by atoms with Crippen molar-refractivity contribution in [3.8, 4) is 28.7 Å². The van der Waals surface area contributed by atoms with E-state index in [0.717, 1.165) is 5.56 Å². The molecular formula is C27H25NO7. The Morgan fingerprint density at radius 2 is 1.77 bits per heavy atom. The van der Waals surface area contributed by atoms with Crippen molar-refractivity contribution in [2.24, 2.45) is 0 Å². The van der Waals surface area contributed by atoms with Gasteiger partial charge in [-0.25, -0.2) is 0 Å². The minimum absolute atomic E-state index is 0.146. The number of hydrogen-bond donors (Lipinski definition) is 1. The smallest absolute Gasteiger partial charge is 0.262 e. The van der Waals surface area contributed by atoms with E-state index in [1.165, 1.54) is 14.2 Å². The number of ketones is 1. The number of methoxy groups -OCH3 is 3. The Hall–Kier alpha value is -4.46. The van der Waals surface area contributed by atoms with Crippen LogP contribution in [0, 0.1) is 6.92 Å². The van der Waals surface area contributed by atoms with E-state index in [1.54, 1.807) is 55.7 Å². The average molecular weight is 475 g/mol. The van der Waals surface area contributed by atoms with Gasteiger partial charge in [0.1, 0.15) is 17.2 Å². The third-order valence-corrected chi connectivity index (χ3v) is 5.36. The highest BCUT2D eigenvalue weighted by Crippen LogP contribution is 2.37. The van der Waals surface area contributed by atoms with Crippen LogP contribution in [0.1, 0.15) is 21.5 Å². The third-order valence-electron chi connectivity index (χ3n) is 5.36. The van der Waals surface area contributed by atoms with Crippen molar-refractivity contribution in [1.29, 1.82) is 0 Å². The molecule has 1 N–H and O–H groups in total. The summed E-state index contributed by atoms with van der Waals surface area (Å²) in [5, 5.41) is 2.78. The molecule has 0 saturated carbocycles. The third kappa shape index (κ3) is 5.06. The summed E-state index contributed by atoms with van der Waals surface area (Å²) in [5.74, 6) is 1.87. The second-order valence-corrected chi connectivity index (χ2v) is 7.72. The van der Waals surface area contributed by atoms with Gasteiger partial charge in [-0.2, -0.15) is 0 Å². The second kappa shape index (κ2) is 10.2. The summed E-state index contributed by atoms with van der Waals surface area (Å²) in [7, 11) is 4.61. The van der Waals surface area contributed by atoms with Gasteiger partial charge in [-0.05, 0) is 48.9 Å². The van der Waals surface area contributed by atoms with Crippen LogP contribution in [0.25, 0.3) is 6.08 Å². The van der Waals surface area contributed by atoms with E-state index >= 15 is 0 Å². The number of amides is 1. The molecule has 0 radical (unpaired) electrons. The molecule has 3 aromatic carbocycles. The molecule has 0 unspecified atom stereocenters. The predicted molar refractivity (Wildman–Crippen MR) is 131 cm³/mol. The number of hydrogen-bond acceptors (Lipinski definition) is 7. The number of carbonyl (C=O) groups is 2. The Bertz CT molecular complexity index is 1310. The lowest BCUT2D eigenvalue weighted by Crippen LogP contribution is -2.20. The highest BCUT2D eigenvalue weighted by atomic mass is 16.5. The maximum atomic E-state index is 12.8. The molecule has 1 aliphatic heterocycles. The number of anilines is 1. The summed E-state index contributed by atoms with van der Waals surface area (Å²) in [4.78, 5) is 25.3. The van der Waals surface area contributed by atoms with E-state index < -0.39 is 0 Å². The van der Waals surface area contributed by atoms with Crippen LogP contribution in [-0.4, -0.2) is 39.6 Å². The highest BCUT2D eigenvalue weighted by Gasteiger charge is 2.28. The fraction of sp³-hybridized carbons (Fsp3) is 0.185. The van der Waals surface area contributed by atoms with Gasteiger partial charge in [0, 0.05) is 11.6 Å². The minimum Gasteiger partial charge on any atom is -0.495 e. The standard InChI is InChI=1S/C27H25NO7/c1-16-8-11-21(31-2)20(12-16)28-25(29)15-34-18-9-10-19-23(14-18)35-24(26(19)30)13-17-6-5-7-22(32-3)27(17)33-4/h5-14H,15H2,1-4H3,(H,28,29). The average Bonchev–Trinajstić information content (AvgIpc) is 3.17. The second-order valence-electron chi connectivity index (χ2n) is 7.72. The number of aryl methyl sites for hydroxylation is 1. The molecule has 35 heavy (non-hydrogen) atoms. The summed E-state index contributed by atoms with van der Waals surface area (Å²) < 4.78 is 27.4.